The van der Waals surface area contributed by atoms with E-state index in [1.807, 2.05) is 12.1 Å². The highest BCUT2D eigenvalue weighted by Crippen LogP contribution is 2.37. The molecule has 3 aromatic carbocycles. The molecule has 172 valence electrons. The zero-order chi connectivity index (χ0) is 24.0. The van der Waals surface area contributed by atoms with Crippen LogP contribution in [0, 0.1) is 10.1 Å². The number of benzene rings is 3. The van der Waals surface area contributed by atoms with Crippen molar-refractivity contribution in [3.63, 3.8) is 0 Å². The van der Waals surface area contributed by atoms with E-state index in [1.54, 1.807) is 36.4 Å². The van der Waals surface area contributed by atoms with Crippen LogP contribution in [0.15, 0.2) is 77.7 Å². The number of carbonyl (C=O) groups is 2. The van der Waals surface area contributed by atoms with E-state index >= 15 is 0 Å². The minimum absolute atomic E-state index is 0.107. The fourth-order valence-corrected chi connectivity index (χ4v) is 6.21. The summed E-state index contributed by atoms with van der Waals surface area (Å²) in [6.45, 7) is -0.0621. The standard InChI is InChI=1S/C24H19N3O6S/c28-23-20-10-3-4-11-21(20)24(29)25(23)15-22-19-9-2-1-6-16(19)12-13-26(22)34(32,33)18-8-5-7-17(14-18)27(30)31/h1-11,14,22H,12-13,15H2. The van der Waals surface area contributed by atoms with E-state index in [4.69, 9.17) is 0 Å². The van der Waals surface area contributed by atoms with Gasteiger partial charge in [0, 0.05) is 18.7 Å². The summed E-state index contributed by atoms with van der Waals surface area (Å²) in [6, 6.07) is 17.8. The Morgan fingerprint density at radius 3 is 2.24 bits per heavy atom. The van der Waals surface area contributed by atoms with Gasteiger partial charge in [-0.2, -0.15) is 4.31 Å². The lowest BCUT2D eigenvalue weighted by Gasteiger charge is -2.37. The number of carbonyl (C=O) groups excluding carboxylic acids is 2. The van der Waals surface area contributed by atoms with Gasteiger partial charge in [0.1, 0.15) is 0 Å². The number of sulfonamides is 1. The maximum atomic E-state index is 13.7. The van der Waals surface area contributed by atoms with Gasteiger partial charge in [-0.3, -0.25) is 24.6 Å². The van der Waals surface area contributed by atoms with Gasteiger partial charge in [-0.15, -0.1) is 0 Å². The summed E-state index contributed by atoms with van der Waals surface area (Å²) < 4.78 is 28.5. The number of imide groups is 1. The van der Waals surface area contributed by atoms with E-state index in [9.17, 15) is 28.1 Å². The van der Waals surface area contributed by atoms with Crippen molar-refractivity contribution in [1.82, 2.24) is 9.21 Å². The Labute approximate surface area is 195 Å². The quantitative estimate of drug-likeness (QED) is 0.316. The van der Waals surface area contributed by atoms with E-state index < -0.39 is 32.8 Å². The Hall–Kier alpha value is -3.89. The highest BCUT2D eigenvalue weighted by Gasteiger charge is 2.42. The Balaban J connectivity index is 1.57. The minimum Gasteiger partial charge on any atom is -0.272 e. The normalized spacial score (nSPS) is 18.0. The van der Waals surface area contributed by atoms with Crippen molar-refractivity contribution in [2.75, 3.05) is 13.1 Å². The van der Waals surface area contributed by atoms with Crippen molar-refractivity contribution < 1.29 is 22.9 Å². The SMILES string of the molecule is O=C1c2ccccc2C(=O)N1CC1c2ccccc2CCN1S(=O)(=O)c1cccc([N+](=O)[O-])c1. The number of nitrogens with zero attached hydrogens (tertiary/aromatic N) is 3. The van der Waals surface area contributed by atoms with Crippen molar-refractivity contribution in [2.45, 2.75) is 17.4 Å². The number of nitro groups is 1. The van der Waals surface area contributed by atoms with Crippen LogP contribution in [0.3, 0.4) is 0 Å². The van der Waals surface area contributed by atoms with E-state index in [0.29, 0.717) is 12.0 Å². The smallest absolute Gasteiger partial charge is 0.270 e. The van der Waals surface area contributed by atoms with Crippen molar-refractivity contribution in [3.8, 4) is 0 Å². The van der Waals surface area contributed by atoms with Crippen molar-refractivity contribution in [2.24, 2.45) is 0 Å². The molecule has 2 aliphatic heterocycles. The first-order valence-electron chi connectivity index (χ1n) is 10.6. The largest absolute Gasteiger partial charge is 0.272 e. The fraction of sp³-hybridized carbons (Fsp3) is 0.167. The van der Waals surface area contributed by atoms with Crippen molar-refractivity contribution in [3.05, 3.63) is 105 Å². The van der Waals surface area contributed by atoms with Crippen LogP contribution in [-0.2, 0) is 16.4 Å². The number of fused-ring (bicyclic) bond motifs is 2. The highest BCUT2D eigenvalue weighted by molar-refractivity contribution is 7.89. The monoisotopic (exact) mass is 477 g/mol. The molecule has 0 radical (unpaired) electrons. The number of hydrogen-bond donors (Lipinski definition) is 0. The predicted molar refractivity (Wildman–Crippen MR) is 122 cm³/mol. The maximum absolute atomic E-state index is 13.7. The molecule has 0 aromatic heterocycles. The average molecular weight is 477 g/mol. The van der Waals surface area contributed by atoms with Gasteiger partial charge in [-0.05, 0) is 35.7 Å². The molecule has 0 N–H and O–H groups in total. The van der Waals surface area contributed by atoms with Gasteiger partial charge in [-0.1, -0.05) is 42.5 Å². The molecule has 0 fully saturated rings. The number of nitro benzene ring substituents is 1. The topological polar surface area (TPSA) is 118 Å². The molecule has 3 aromatic rings. The van der Waals surface area contributed by atoms with Crippen LogP contribution < -0.4 is 0 Å². The molecule has 1 unspecified atom stereocenters. The second-order valence-corrected chi connectivity index (χ2v) is 9.99. The van der Waals surface area contributed by atoms with Gasteiger partial charge in [0.25, 0.3) is 17.5 Å². The van der Waals surface area contributed by atoms with Crippen LogP contribution in [0.1, 0.15) is 37.9 Å². The zero-order valence-electron chi connectivity index (χ0n) is 17.8. The van der Waals surface area contributed by atoms with Crippen LogP contribution in [0.5, 0.6) is 0 Å². The molecular weight excluding hydrogens is 458 g/mol. The lowest BCUT2D eigenvalue weighted by molar-refractivity contribution is -0.385. The summed E-state index contributed by atoms with van der Waals surface area (Å²) in [4.78, 5) is 37.4. The molecule has 10 heteroatoms. The molecule has 9 nitrogen and oxygen atoms in total. The van der Waals surface area contributed by atoms with Gasteiger partial charge < -0.3 is 0 Å². The molecule has 34 heavy (non-hydrogen) atoms. The number of rotatable bonds is 5. The van der Waals surface area contributed by atoms with Crippen molar-refractivity contribution >= 4 is 27.5 Å². The van der Waals surface area contributed by atoms with Gasteiger partial charge in [0.2, 0.25) is 10.0 Å². The molecule has 0 bridgehead atoms. The highest BCUT2D eigenvalue weighted by atomic mass is 32.2. The van der Waals surface area contributed by atoms with Crippen LogP contribution in [-0.4, -0.2) is 47.5 Å². The van der Waals surface area contributed by atoms with Crippen LogP contribution >= 0.6 is 0 Å². The maximum Gasteiger partial charge on any atom is 0.270 e. The number of non-ortho nitro benzene ring substituents is 1. The van der Waals surface area contributed by atoms with Crippen LogP contribution in [0.25, 0.3) is 0 Å². The summed E-state index contributed by atoms with van der Waals surface area (Å²) in [7, 11) is -4.17. The van der Waals surface area contributed by atoms with Crippen LogP contribution in [0.4, 0.5) is 5.69 Å². The second-order valence-electron chi connectivity index (χ2n) is 8.10. The molecule has 0 saturated carbocycles. The third-order valence-electron chi connectivity index (χ3n) is 6.23. The molecule has 0 spiro atoms. The summed E-state index contributed by atoms with van der Waals surface area (Å²) in [5.41, 5.74) is 1.85. The van der Waals surface area contributed by atoms with E-state index in [1.165, 1.54) is 22.5 Å². The summed E-state index contributed by atoms with van der Waals surface area (Å²) >= 11 is 0. The predicted octanol–water partition coefficient (Wildman–Crippen LogP) is 3.18. The Morgan fingerprint density at radius 2 is 1.56 bits per heavy atom. The molecule has 0 aliphatic carbocycles. The molecule has 2 amide bonds. The lowest BCUT2D eigenvalue weighted by Crippen LogP contribution is -2.46. The third-order valence-corrected chi connectivity index (χ3v) is 8.14. The Kier molecular flexibility index (Phi) is 5.26. The zero-order valence-corrected chi connectivity index (χ0v) is 18.6. The van der Waals surface area contributed by atoms with Gasteiger partial charge >= 0.3 is 0 Å². The molecular formula is C24H19N3O6S. The average Bonchev–Trinajstić information content (AvgIpc) is 3.09. The van der Waals surface area contributed by atoms with Gasteiger partial charge in [0.05, 0.1) is 33.5 Å². The molecule has 0 saturated heterocycles. The molecule has 5 rings (SSSR count). The van der Waals surface area contributed by atoms with E-state index in [-0.39, 0.29) is 34.8 Å². The van der Waals surface area contributed by atoms with Crippen molar-refractivity contribution in [1.29, 1.82) is 0 Å². The number of hydrogen-bond acceptors (Lipinski definition) is 6. The van der Waals surface area contributed by atoms with E-state index in [0.717, 1.165) is 16.5 Å². The minimum atomic E-state index is -4.17. The first kappa shape index (κ1) is 21.9. The summed E-state index contributed by atoms with van der Waals surface area (Å²) in [5.74, 6) is -0.951. The Morgan fingerprint density at radius 1 is 0.912 bits per heavy atom. The number of amides is 2. The second kappa shape index (κ2) is 8.15. The van der Waals surface area contributed by atoms with Gasteiger partial charge in [0.15, 0.2) is 0 Å². The molecule has 2 aliphatic rings. The summed E-state index contributed by atoms with van der Waals surface area (Å²) in [6.07, 6.45) is 0.433. The molecule has 2 heterocycles. The Bertz CT molecular complexity index is 1420. The molecule has 1 atom stereocenters. The first-order valence-corrected chi connectivity index (χ1v) is 12.0. The first-order chi connectivity index (χ1) is 16.3. The third kappa shape index (κ3) is 3.47. The summed E-state index contributed by atoms with van der Waals surface area (Å²) in [5, 5.41) is 11.2. The lowest BCUT2D eigenvalue weighted by atomic mass is 9.94. The fourth-order valence-electron chi connectivity index (χ4n) is 4.58. The van der Waals surface area contributed by atoms with Crippen LogP contribution in [0.2, 0.25) is 0 Å². The van der Waals surface area contributed by atoms with E-state index in [2.05, 4.69) is 0 Å². The van der Waals surface area contributed by atoms with Gasteiger partial charge in [-0.25, -0.2) is 8.42 Å².